The molecule has 9 heteroatoms. The molecular weight excluding hydrogens is 436 g/mol. The maximum Gasteiger partial charge on any atom is 0.237 e. The average molecular weight is 471 g/mol. The van der Waals surface area contributed by atoms with E-state index >= 15 is 0 Å². The fraction of sp³-hybridized carbons (Fsp3) is 0.600. The summed E-state index contributed by atoms with van der Waals surface area (Å²) in [7, 11) is 1.64. The molecule has 184 valence electrons. The number of aromatic amines is 1. The number of likely N-dealkylation sites (tertiary alicyclic amines) is 1. The third-order valence-corrected chi connectivity index (χ3v) is 7.87. The van der Waals surface area contributed by atoms with Gasteiger partial charge in [-0.25, -0.2) is 0 Å². The first-order valence-corrected chi connectivity index (χ1v) is 12.1. The van der Waals surface area contributed by atoms with Crippen LogP contribution in [0.2, 0.25) is 0 Å². The Balaban J connectivity index is 1.55. The number of benzene rings is 1. The molecule has 9 nitrogen and oxygen atoms in total. The molecule has 4 heterocycles. The van der Waals surface area contributed by atoms with Crippen molar-refractivity contribution in [2.45, 2.75) is 31.2 Å². The Kier molecular flexibility index (Phi) is 6.26. The van der Waals surface area contributed by atoms with Gasteiger partial charge in [-0.1, -0.05) is 0 Å². The van der Waals surface area contributed by atoms with Crippen LogP contribution in [0.4, 0.5) is 0 Å². The van der Waals surface area contributed by atoms with Crippen LogP contribution < -0.4 is 4.74 Å². The summed E-state index contributed by atoms with van der Waals surface area (Å²) < 4.78 is 10.9. The lowest BCUT2D eigenvalue weighted by atomic mass is 9.68. The van der Waals surface area contributed by atoms with Crippen LogP contribution in [0.15, 0.2) is 18.2 Å². The van der Waals surface area contributed by atoms with Gasteiger partial charge in [0.1, 0.15) is 5.75 Å². The van der Waals surface area contributed by atoms with E-state index in [2.05, 4.69) is 16.0 Å². The number of fused-ring (bicyclic) bond motifs is 4. The Morgan fingerprint density at radius 2 is 1.94 bits per heavy atom. The van der Waals surface area contributed by atoms with Gasteiger partial charge in [-0.2, -0.15) is 0 Å². The van der Waals surface area contributed by atoms with Crippen LogP contribution in [0, 0.1) is 0 Å². The largest absolute Gasteiger partial charge is 0.497 e. The number of morpholine rings is 1. The number of carbonyl (C=O) groups excluding carboxylic acids is 2. The summed E-state index contributed by atoms with van der Waals surface area (Å²) in [6.07, 6.45) is 1.55. The van der Waals surface area contributed by atoms with E-state index in [4.69, 9.17) is 9.47 Å². The number of amides is 2. The average Bonchev–Trinajstić information content (AvgIpc) is 3.24. The second-order valence-corrected chi connectivity index (χ2v) is 9.72. The molecule has 3 aliphatic rings. The van der Waals surface area contributed by atoms with Gasteiger partial charge >= 0.3 is 0 Å². The first-order chi connectivity index (χ1) is 16.5. The van der Waals surface area contributed by atoms with Crippen molar-refractivity contribution >= 4 is 22.7 Å². The molecule has 1 atom stereocenters. The van der Waals surface area contributed by atoms with Crippen LogP contribution in [-0.4, -0.2) is 103 Å². The van der Waals surface area contributed by atoms with E-state index in [0.29, 0.717) is 39.4 Å². The Morgan fingerprint density at radius 1 is 1.21 bits per heavy atom. The number of H-pyrrole nitrogens is 1. The smallest absolute Gasteiger partial charge is 0.237 e. The predicted molar refractivity (Wildman–Crippen MR) is 127 cm³/mol. The van der Waals surface area contributed by atoms with E-state index in [-0.39, 0.29) is 23.8 Å². The van der Waals surface area contributed by atoms with Crippen molar-refractivity contribution in [2.24, 2.45) is 0 Å². The lowest BCUT2D eigenvalue weighted by Gasteiger charge is -2.50. The Bertz CT molecular complexity index is 1070. The molecule has 0 radical (unpaired) electrons. The summed E-state index contributed by atoms with van der Waals surface area (Å²) in [6, 6.07) is 5.57. The van der Waals surface area contributed by atoms with Gasteiger partial charge < -0.3 is 29.4 Å². The van der Waals surface area contributed by atoms with Gasteiger partial charge in [-0.3, -0.25) is 14.5 Å². The second kappa shape index (κ2) is 9.20. The van der Waals surface area contributed by atoms with Gasteiger partial charge in [-0.05, 0) is 30.5 Å². The maximum atomic E-state index is 13.6. The predicted octanol–water partition coefficient (Wildman–Crippen LogP) is 1.26. The van der Waals surface area contributed by atoms with Crippen molar-refractivity contribution in [1.29, 1.82) is 0 Å². The molecule has 2 fully saturated rings. The molecule has 1 spiro atoms. The standard InChI is InChI=1S/C25H34N4O5/c1-17(31)28-7-5-25(6-8-28)16-29(22(32)14-27-9-11-34-12-10-27)21(15-30)24-23(25)19-4-3-18(33-2)13-20(19)26-24/h3-4,13,21,26,30H,5-12,14-16H2,1-2H3/t21-/m0/s1. The number of hydrogen-bond donors (Lipinski definition) is 2. The third-order valence-electron chi connectivity index (χ3n) is 7.87. The highest BCUT2D eigenvalue weighted by molar-refractivity contribution is 5.89. The molecule has 0 bridgehead atoms. The summed E-state index contributed by atoms with van der Waals surface area (Å²) in [5.74, 6) is 0.867. The number of nitrogens with one attached hydrogen (secondary N) is 1. The molecule has 5 rings (SSSR count). The zero-order valence-corrected chi connectivity index (χ0v) is 20.0. The van der Waals surface area contributed by atoms with Crippen molar-refractivity contribution in [2.75, 3.05) is 66.2 Å². The van der Waals surface area contributed by atoms with E-state index in [1.807, 2.05) is 21.9 Å². The molecule has 0 saturated carbocycles. The number of ether oxygens (including phenoxy) is 2. The molecule has 2 saturated heterocycles. The van der Waals surface area contributed by atoms with E-state index in [9.17, 15) is 14.7 Å². The number of hydrogen-bond acceptors (Lipinski definition) is 6. The van der Waals surface area contributed by atoms with Crippen LogP contribution in [0.1, 0.15) is 37.1 Å². The van der Waals surface area contributed by atoms with Gasteiger partial charge in [0.2, 0.25) is 11.8 Å². The fourth-order valence-corrected chi connectivity index (χ4v) is 5.97. The molecule has 3 aliphatic heterocycles. The van der Waals surface area contributed by atoms with Gasteiger partial charge in [0.25, 0.3) is 0 Å². The first-order valence-electron chi connectivity index (χ1n) is 12.1. The highest BCUT2D eigenvalue weighted by Crippen LogP contribution is 2.49. The minimum absolute atomic E-state index is 0.0243. The normalized spacial score (nSPS) is 22.7. The van der Waals surface area contributed by atoms with Crippen LogP contribution in [0.25, 0.3) is 10.9 Å². The quantitative estimate of drug-likeness (QED) is 0.698. The number of piperidine rings is 1. The Labute approximate surface area is 199 Å². The number of aliphatic hydroxyl groups excluding tert-OH is 1. The summed E-state index contributed by atoms with van der Waals surface area (Å²) in [5.41, 5.74) is 2.76. The first kappa shape index (κ1) is 23.1. The summed E-state index contributed by atoms with van der Waals surface area (Å²) in [5, 5.41) is 11.6. The molecular formula is C25H34N4O5. The van der Waals surface area contributed by atoms with Crippen molar-refractivity contribution in [3.63, 3.8) is 0 Å². The van der Waals surface area contributed by atoms with Crippen molar-refractivity contribution in [3.8, 4) is 5.75 Å². The second-order valence-electron chi connectivity index (χ2n) is 9.72. The van der Waals surface area contributed by atoms with E-state index < -0.39 is 6.04 Å². The van der Waals surface area contributed by atoms with Crippen LogP contribution >= 0.6 is 0 Å². The Morgan fingerprint density at radius 3 is 2.59 bits per heavy atom. The van der Waals surface area contributed by atoms with Gasteiger partial charge in [-0.15, -0.1) is 0 Å². The number of aliphatic hydroxyl groups is 1. The van der Waals surface area contributed by atoms with Crippen LogP contribution in [0.3, 0.4) is 0 Å². The van der Waals surface area contributed by atoms with E-state index in [1.165, 1.54) is 5.56 Å². The number of methoxy groups -OCH3 is 1. The summed E-state index contributed by atoms with van der Waals surface area (Å²) in [4.78, 5) is 35.0. The molecule has 2 N–H and O–H groups in total. The summed E-state index contributed by atoms with van der Waals surface area (Å²) >= 11 is 0. The van der Waals surface area contributed by atoms with Crippen LogP contribution in [-0.2, 0) is 19.7 Å². The minimum atomic E-state index is -0.432. The van der Waals surface area contributed by atoms with Crippen LogP contribution in [0.5, 0.6) is 5.75 Å². The highest BCUT2D eigenvalue weighted by atomic mass is 16.5. The third kappa shape index (κ3) is 3.95. The molecule has 34 heavy (non-hydrogen) atoms. The van der Waals surface area contributed by atoms with E-state index in [1.54, 1.807) is 14.0 Å². The number of carbonyl (C=O) groups is 2. The number of rotatable bonds is 4. The molecule has 1 aromatic carbocycles. The van der Waals surface area contributed by atoms with Gasteiger partial charge in [0, 0.05) is 67.7 Å². The molecule has 2 aromatic rings. The highest BCUT2D eigenvalue weighted by Gasteiger charge is 2.49. The lowest BCUT2D eigenvalue weighted by Crippen LogP contribution is -2.57. The number of nitrogens with zero attached hydrogens (tertiary/aromatic N) is 3. The van der Waals surface area contributed by atoms with Crippen molar-refractivity contribution in [3.05, 3.63) is 29.5 Å². The minimum Gasteiger partial charge on any atom is -0.497 e. The Hall–Kier alpha value is -2.62. The van der Waals surface area contributed by atoms with Gasteiger partial charge in [0.05, 0.1) is 39.5 Å². The van der Waals surface area contributed by atoms with Crippen molar-refractivity contribution < 1.29 is 24.2 Å². The SMILES string of the molecule is COc1ccc2c3c([nH]c2c1)[C@H](CO)N(C(=O)CN1CCOCC1)CC31CCN(C(C)=O)CC1. The van der Waals surface area contributed by atoms with Gasteiger partial charge in [0.15, 0.2) is 0 Å². The zero-order valence-electron chi connectivity index (χ0n) is 20.0. The number of aromatic nitrogens is 1. The molecule has 0 aliphatic carbocycles. The molecule has 0 unspecified atom stereocenters. The molecule has 2 amide bonds. The zero-order chi connectivity index (χ0) is 23.9. The monoisotopic (exact) mass is 470 g/mol. The fourth-order valence-electron chi connectivity index (χ4n) is 5.97. The van der Waals surface area contributed by atoms with Crippen molar-refractivity contribution in [1.82, 2.24) is 19.7 Å². The maximum absolute atomic E-state index is 13.6. The lowest BCUT2D eigenvalue weighted by molar-refractivity contribution is -0.140. The summed E-state index contributed by atoms with van der Waals surface area (Å²) in [6.45, 7) is 6.38. The topological polar surface area (TPSA) is 98.3 Å². The van der Waals surface area contributed by atoms with E-state index in [0.717, 1.165) is 48.3 Å². The molecule has 1 aromatic heterocycles.